The van der Waals surface area contributed by atoms with Gasteiger partial charge in [-0.2, -0.15) is 0 Å². The van der Waals surface area contributed by atoms with Crippen LogP contribution in [0.15, 0.2) is 48.9 Å². The Kier molecular flexibility index (Phi) is 8.95. The van der Waals surface area contributed by atoms with Gasteiger partial charge in [0, 0.05) is 43.2 Å². The van der Waals surface area contributed by atoms with Gasteiger partial charge in [0.2, 0.25) is 0 Å². The van der Waals surface area contributed by atoms with Crippen LogP contribution in [-0.2, 0) is 9.53 Å². The fourth-order valence-corrected chi connectivity index (χ4v) is 5.48. The highest BCUT2D eigenvalue weighted by Crippen LogP contribution is 2.37. The maximum atomic E-state index is 11.6. The zero-order valence-electron chi connectivity index (χ0n) is 22.3. The number of carbonyl (C=O) groups excluding carboxylic acids is 1. The van der Waals surface area contributed by atoms with Gasteiger partial charge in [0.05, 0.1) is 63.2 Å². The van der Waals surface area contributed by atoms with Gasteiger partial charge in [-0.3, -0.25) is 9.78 Å². The number of fused-ring (bicyclic) bond motifs is 2. The molecule has 0 amide bonds. The highest BCUT2D eigenvalue weighted by atomic mass is 32.1. The Balaban J connectivity index is 1.39. The number of hydrogen-bond donors (Lipinski definition) is 0. The molecule has 37 heavy (non-hydrogen) atoms. The van der Waals surface area contributed by atoms with Gasteiger partial charge in [0.25, 0.3) is 0 Å². The predicted molar refractivity (Wildman–Crippen MR) is 152 cm³/mol. The minimum atomic E-state index is -0.0953. The molecule has 0 N–H and O–H groups in total. The lowest BCUT2D eigenvalue weighted by Crippen LogP contribution is -2.41. The third kappa shape index (κ3) is 7.17. The minimum Gasteiger partial charge on any atom is -0.497 e. The van der Waals surface area contributed by atoms with E-state index in [-0.39, 0.29) is 5.97 Å². The molecule has 0 fully saturated rings. The highest BCUT2D eigenvalue weighted by Gasteiger charge is 2.19. The fourth-order valence-electron chi connectivity index (χ4n) is 4.59. The van der Waals surface area contributed by atoms with E-state index in [1.165, 1.54) is 5.56 Å². The Hall–Kier alpha value is -3.23. The van der Waals surface area contributed by atoms with Gasteiger partial charge in [0.1, 0.15) is 10.8 Å². The lowest BCUT2D eigenvalue weighted by molar-refractivity contribution is -0.890. The summed E-state index contributed by atoms with van der Waals surface area (Å²) in [6.45, 7) is 5.27. The molecule has 0 bridgehead atoms. The van der Waals surface area contributed by atoms with Gasteiger partial charge in [-0.15, -0.1) is 11.3 Å². The molecule has 8 heteroatoms. The van der Waals surface area contributed by atoms with E-state index in [0.717, 1.165) is 75.6 Å². The van der Waals surface area contributed by atoms with Crippen LogP contribution in [0.25, 0.3) is 21.9 Å². The molecule has 0 unspecified atom stereocenters. The lowest BCUT2D eigenvalue weighted by atomic mass is 9.99. The summed E-state index contributed by atoms with van der Waals surface area (Å²) in [5.74, 6) is 0.755. The van der Waals surface area contributed by atoms with Crippen molar-refractivity contribution in [2.75, 3.05) is 52.3 Å². The Labute approximate surface area is 223 Å². The quantitative estimate of drug-likeness (QED) is 0.171. The van der Waals surface area contributed by atoms with Crippen LogP contribution in [0.3, 0.4) is 0 Å². The van der Waals surface area contributed by atoms with Crippen molar-refractivity contribution in [3.05, 3.63) is 59.5 Å². The van der Waals surface area contributed by atoms with E-state index < -0.39 is 0 Å². The first-order chi connectivity index (χ1) is 17.9. The molecule has 3 aromatic rings. The summed E-state index contributed by atoms with van der Waals surface area (Å²) in [7, 11) is 6.18. The van der Waals surface area contributed by atoms with Crippen LogP contribution in [0.1, 0.15) is 43.2 Å². The average molecular weight is 522 g/mol. The maximum Gasteiger partial charge on any atom is 0.305 e. The molecule has 1 aliphatic heterocycles. The SMILES string of the molecule is CCOC(=O)CCC[N+](C)(C)CCCCN1C=CC(=Cc2nc3ccncc3s2)c2ccc(OC)cc21. The molecule has 0 saturated carbocycles. The third-order valence-corrected chi connectivity index (χ3v) is 7.56. The van der Waals surface area contributed by atoms with E-state index in [4.69, 9.17) is 14.5 Å². The monoisotopic (exact) mass is 521 g/mol. The number of nitrogens with zero attached hydrogens (tertiary/aromatic N) is 4. The molecule has 7 nitrogen and oxygen atoms in total. The van der Waals surface area contributed by atoms with Crippen molar-refractivity contribution in [3.63, 3.8) is 0 Å². The summed E-state index contributed by atoms with van der Waals surface area (Å²) in [5, 5.41) is 0.973. The summed E-state index contributed by atoms with van der Waals surface area (Å²) in [5.41, 5.74) is 4.44. The zero-order chi connectivity index (χ0) is 26.3. The number of benzene rings is 1. The fraction of sp³-hybridized carbons (Fsp3) is 0.414. The molecule has 0 atom stereocenters. The normalized spacial score (nSPS) is 14.3. The van der Waals surface area contributed by atoms with Gasteiger partial charge in [0.15, 0.2) is 0 Å². The number of ether oxygens (including phenoxy) is 2. The standard InChI is InChI=1S/C29H37N4O3S/c1-5-36-29(34)9-8-18-33(2,3)17-7-6-15-32-16-13-22(24-11-10-23(35-4)20-26(24)32)19-28-31-25-12-14-30-21-27(25)37-28/h10-14,16,19-21H,5-9,15,17-18H2,1-4H3/q+1. The topological polar surface area (TPSA) is 64.5 Å². The molecule has 0 aliphatic carbocycles. The molecule has 2 aromatic heterocycles. The number of aromatic nitrogens is 2. The average Bonchev–Trinajstić information content (AvgIpc) is 3.29. The summed E-state index contributed by atoms with van der Waals surface area (Å²) in [4.78, 5) is 22.9. The van der Waals surface area contributed by atoms with Crippen LogP contribution >= 0.6 is 11.3 Å². The summed E-state index contributed by atoms with van der Waals surface area (Å²) in [6, 6.07) is 8.22. The van der Waals surface area contributed by atoms with E-state index >= 15 is 0 Å². The van der Waals surface area contributed by atoms with Crippen molar-refractivity contribution in [3.8, 4) is 5.75 Å². The van der Waals surface area contributed by atoms with Gasteiger partial charge in [-0.1, -0.05) is 0 Å². The second kappa shape index (κ2) is 12.3. The number of allylic oxidation sites excluding steroid dienone is 2. The molecule has 3 heterocycles. The Morgan fingerprint density at radius 3 is 2.78 bits per heavy atom. The number of methoxy groups -OCH3 is 1. The van der Waals surface area contributed by atoms with Crippen LogP contribution in [-0.4, -0.2) is 67.9 Å². The third-order valence-electron chi connectivity index (χ3n) is 6.61. The molecular formula is C29H37N4O3S+. The second-order valence-electron chi connectivity index (χ2n) is 9.89. The molecule has 0 radical (unpaired) electrons. The van der Waals surface area contributed by atoms with Crippen LogP contribution in [0.4, 0.5) is 5.69 Å². The van der Waals surface area contributed by atoms with E-state index in [1.54, 1.807) is 24.6 Å². The number of anilines is 1. The minimum absolute atomic E-state index is 0.0953. The number of rotatable bonds is 12. The smallest absolute Gasteiger partial charge is 0.305 e. The highest BCUT2D eigenvalue weighted by molar-refractivity contribution is 7.19. The zero-order valence-corrected chi connectivity index (χ0v) is 23.1. The number of hydrogen-bond acceptors (Lipinski definition) is 7. The van der Waals surface area contributed by atoms with Gasteiger partial charge in [-0.25, -0.2) is 4.98 Å². The molecule has 0 saturated heterocycles. The molecule has 0 spiro atoms. The first-order valence-electron chi connectivity index (χ1n) is 12.9. The summed E-state index contributed by atoms with van der Waals surface area (Å²) < 4.78 is 12.6. The lowest BCUT2D eigenvalue weighted by Gasteiger charge is -2.31. The van der Waals surface area contributed by atoms with Crippen molar-refractivity contribution < 1.29 is 18.8 Å². The number of esters is 1. The molecule has 196 valence electrons. The van der Waals surface area contributed by atoms with Crippen LogP contribution in [0.5, 0.6) is 5.75 Å². The van der Waals surface area contributed by atoms with E-state index in [9.17, 15) is 4.79 Å². The van der Waals surface area contributed by atoms with Crippen LogP contribution in [0.2, 0.25) is 0 Å². The Bertz CT molecular complexity index is 1250. The number of unbranched alkanes of at least 4 members (excludes halogenated alkanes) is 1. The van der Waals surface area contributed by atoms with E-state index in [1.807, 2.05) is 25.3 Å². The van der Waals surface area contributed by atoms with Crippen LogP contribution in [0, 0.1) is 0 Å². The molecule has 1 aliphatic rings. The number of quaternary nitrogens is 1. The number of carbonyl (C=O) groups is 1. The van der Waals surface area contributed by atoms with Crippen molar-refractivity contribution in [2.24, 2.45) is 0 Å². The van der Waals surface area contributed by atoms with Gasteiger partial charge < -0.3 is 18.9 Å². The van der Waals surface area contributed by atoms with Crippen molar-refractivity contribution in [2.45, 2.75) is 32.6 Å². The Morgan fingerprint density at radius 2 is 2.00 bits per heavy atom. The Morgan fingerprint density at radius 1 is 1.16 bits per heavy atom. The summed E-state index contributed by atoms with van der Waals surface area (Å²) in [6.07, 6.45) is 13.7. The number of thiazole rings is 1. The first kappa shape index (κ1) is 26.8. The molecule has 1 aromatic carbocycles. The van der Waals surface area contributed by atoms with E-state index in [2.05, 4.69) is 54.5 Å². The molecular weight excluding hydrogens is 484 g/mol. The van der Waals surface area contributed by atoms with Crippen molar-refractivity contribution >= 4 is 44.9 Å². The second-order valence-corrected chi connectivity index (χ2v) is 10.9. The summed E-state index contributed by atoms with van der Waals surface area (Å²) >= 11 is 1.65. The van der Waals surface area contributed by atoms with Crippen molar-refractivity contribution in [1.29, 1.82) is 0 Å². The van der Waals surface area contributed by atoms with E-state index in [0.29, 0.717) is 13.0 Å². The largest absolute Gasteiger partial charge is 0.497 e. The molecule has 4 rings (SSSR count). The van der Waals surface area contributed by atoms with Crippen molar-refractivity contribution in [1.82, 2.24) is 9.97 Å². The number of pyridine rings is 1. The van der Waals surface area contributed by atoms with Crippen LogP contribution < -0.4 is 9.64 Å². The maximum absolute atomic E-state index is 11.6. The first-order valence-corrected chi connectivity index (χ1v) is 13.7. The van der Waals surface area contributed by atoms with Gasteiger partial charge >= 0.3 is 5.97 Å². The predicted octanol–water partition coefficient (Wildman–Crippen LogP) is 5.77. The van der Waals surface area contributed by atoms with Gasteiger partial charge in [-0.05, 0) is 55.7 Å².